The van der Waals surface area contributed by atoms with Gasteiger partial charge in [0.25, 0.3) is 0 Å². The second-order valence-electron chi connectivity index (χ2n) is 6.67. The molecule has 0 radical (unpaired) electrons. The van der Waals surface area contributed by atoms with E-state index < -0.39 is 6.36 Å². The van der Waals surface area contributed by atoms with E-state index in [2.05, 4.69) is 19.6 Å². The molecule has 28 heavy (non-hydrogen) atoms. The molecule has 1 aromatic carbocycles. The number of halogens is 3. The number of hydrogen-bond acceptors (Lipinski definition) is 5. The van der Waals surface area contributed by atoms with Crippen molar-refractivity contribution in [3.8, 4) is 5.75 Å². The van der Waals surface area contributed by atoms with Crippen LogP contribution in [0, 0.1) is 5.92 Å². The van der Waals surface area contributed by atoms with Crippen molar-refractivity contribution in [2.45, 2.75) is 25.7 Å². The number of alkyl halides is 3. The van der Waals surface area contributed by atoms with E-state index in [0.717, 1.165) is 5.82 Å². The normalized spacial score (nSPS) is 15.4. The first-order valence-corrected chi connectivity index (χ1v) is 8.93. The predicted molar refractivity (Wildman–Crippen MR) is 96.6 cm³/mol. The monoisotopic (exact) mass is 394 g/mol. The number of hydrogen-bond donors (Lipinski definition) is 0. The minimum Gasteiger partial charge on any atom is -0.405 e. The summed E-state index contributed by atoms with van der Waals surface area (Å²) in [6.45, 7) is 1.41. The minimum absolute atomic E-state index is 0.0511. The fraction of sp³-hybridized carbons (Fsp3) is 0.421. The lowest BCUT2D eigenvalue weighted by Crippen LogP contribution is -2.41. The summed E-state index contributed by atoms with van der Waals surface area (Å²) >= 11 is 0. The average Bonchev–Trinajstić information content (AvgIpc) is 2.68. The van der Waals surface area contributed by atoms with E-state index in [4.69, 9.17) is 0 Å². The van der Waals surface area contributed by atoms with Crippen LogP contribution in [0.5, 0.6) is 5.75 Å². The number of piperidine rings is 1. The van der Waals surface area contributed by atoms with Crippen molar-refractivity contribution in [3.63, 3.8) is 0 Å². The molecule has 3 rings (SSSR count). The molecule has 6 nitrogen and oxygen atoms in total. The average molecular weight is 394 g/mol. The third kappa shape index (κ3) is 5.11. The van der Waals surface area contributed by atoms with Gasteiger partial charge >= 0.3 is 6.36 Å². The quantitative estimate of drug-likeness (QED) is 0.779. The van der Waals surface area contributed by atoms with Gasteiger partial charge < -0.3 is 14.5 Å². The number of para-hydroxylation sites is 1. The summed E-state index contributed by atoms with van der Waals surface area (Å²) in [5.74, 6) is 0.237. The topological polar surface area (TPSA) is 58.6 Å². The zero-order chi connectivity index (χ0) is 20.1. The van der Waals surface area contributed by atoms with Crippen LogP contribution >= 0.6 is 0 Å². The predicted octanol–water partition coefficient (Wildman–Crippen LogP) is 3.25. The Hall–Kier alpha value is -2.84. The van der Waals surface area contributed by atoms with E-state index in [0.29, 0.717) is 31.5 Å². The minimum atomic E-state index is -4.77. The number of nitrogens with zero attached hydrogens (tertiary/aromatic N) is 4. The van der Waals surface area contributed by atoms with E-state index in [1.54, 1.807) is 31.7 Å². The molecule has 1 amide bonds. The van der Waals surface area contributed by atoms with Crippen LogP contribution < -0.4 is 9.64 Å². The van der Waals surface area contributed by atoms with Crippen molar-refractivity contribution in [2.75, 3.05) is 25.0 Å². The van der Waals surface area contributed by atoms with Gasteiger partial charge in [-0.3, -0.25) is 9.78 Å². The van der Waals surface area contributed by atoms with E-state index in [9.17, 15) is 18.0 Å². The first-order chi connectivity index (χ1) is 13.3. The molecule has 0 atom stereocenters. The molecule has 0 saturated carbocycles. The molecule has 1 aromatic heterocycles. The molecule has 150 valence electrons. The van der Waals surface area contributed by atoms with Gasteiger partial charge in [0.2, 0.25) is 5.91 Å². The maximum absolute atomic E-state index is 12.8. The van der Waals surface area contributed by atoms with Crippen molar-refractivity contribution in [3.05, 3.63) is 48.4 Å². The molecule has 0 bridgehead atoms. The van der Waals surface area contributed by atoms with Gasteiger partial charge in [0.1, 0.15) is 11.6 Å². The van der Waals surface area contributed by atoms with E-state index in [1.165, 1.54) is 23.1 Å². The van der Waals surface area contributed by atoms with Gasteiger partial charge in [0, 0.05) is 50.6 Å². The molecule has 0 spiro atoms. The highest BCUT2D eigenvalue weighted by molar-refractivity contribution is 5.79. The van der Waals surface area contributed by atoms with Gasteiger partial charge in [-0.2, -0.15) is 0 Å². The third-order valence-electron chi connectivity index (χ3n) is 4.70. The largest absolute Gasteiger partial charge is 0.573 e. The van der Waals surface area contributed by atoms with Crippen LogP contribution in [0.2, 0.25) is 0 Å². The number of rotatable bonds is 5. The summed E-state index contributed by atoms with van der Waals surface area (Å²) < 4.78 is 41.8. The van der Waals surface area contributed by atoms with Gasteiger partial charge in [-0.1, -0.05) is 18.2 Å². The van der Waals surface area contributed by atoms with Crippen molar-refractivity contribution < 1.29 is 22.7 Å². The van der Waals surface area contributed by atoms with Gasteiger partial charge in [-0.25, -0.2) is 4.98 Å². The SMILES string of the molecule is CN(Cc1ccccc1OC(F)(F)F)C(=O)C1CCN(c2cnccn2)CC1. The molecule has 1 aliphatic rings. The Morgan fingerprint density at radius 2 is 1.96 bits per heavy atom. The van der Waals surface area contributed by atoms with Gasteiger partial charge in [0.15, 0.2) is 0 Å². The molecule has 2 heterocycles. The molecule has 2 aromatic rings. The van der Waals surface area contributed by atoms with Crippen LogP contribution in [-0.4, -0.2) is 47.3 Å². The molecule has 1 saturated heterocycles. The number of anilines is 1. The lowest BCUT2D eigenvalue weighted by Gasteiger charge is -2.33. The fourth-order valence-corrected chi connectivity index (χ4v) is 3.31. The van der Waals surface area contributed by atoms with Crippen LogP contribution in [0.3, 0.4) is 0 Å². The zero-order valence-corrected chi connectivity index (χ0v) is 15.4. The highest BCUT2D eigenvalue weighted by atomic mass is 19.4. The highest BCUT2D eigenvalue weighted by Crippen LogP contribution is 2.28. The van der Waals surface area contributed by atoms with Crippen LogP contribution in [0.4, 0.5) is 19.0 Å². The standard InChI is InChI=1S/C19H21F3N4O2/c1-25(13-15-4-2-3-5-16(15)28-19(20,21)22)18(27)14-6-10-26(11-7-14)17-12-23-8-9-24-17/h2-5,8-9,12,14H,6-7,10-11,13H2,1H3. The number of ether oxygens (including phenoxy) is 1. The zero-order valence-electron chi connectivity index (χ0n) is 15.4. The lowest BCUT2D eigenvalue weighted by atomic mass is 9.95. The molecular weight excluding hydrogens is 373 g/mol. The maximum atomic E-state index is 12.8. The smallest absolute Gasteiger partial charge is 0.405 e. The van der Waals surface area contributed by atoms with E-state index >= 15 is 0 Å². The summed E-state index contributed by atoms with van der Waals surface area (Å²) in [6.07, 6.45) is 1.45. The Kier molecular flexibility index (Phi) is 6.01. The number of amides is 1. The van der Waals surface area contributed by atoms with E-state index in [-0.39, 0.29) is 24.1 Å². The summed E-state index contributed by atoms with van der Waals surface area (Å²) in [5, 5.41) is 0. The second kappa shape index (κ2) is 8.45. The number of carbonyl (C=O) groups is 1. The first-order valence-electron chi connectivity index (χ1n) is 8.93. The van der Waals surface area contributed by atoms with E-state index in [1.807, 2.05) is 0 Å². The summed E-state index contributed by atoms with van der Waals surface area (Å²) in [7, 11) is 1.60. The Bertz CT molecular complexity index is 793. The van der Waals surface area contributed by atoms with Crippen molar-refractivity contribution in [1.29, 1.82) is 0 Å². The maximum Gasteiger partial charge on any atom is 0.573 e. The van der Waals surface area contributed by atoms with Crippen LogP contribution in [-0.2, 0) is 11.3 Å². The Labute approximate surface area is 160 Å². The Balaban J connectivity index is 1.59. The Morgan fingerprint density at radius 1 is 1.25 bits per heavy atom. The second-order valence-corrected chi connectivity index (χ2v) is 6.67. The van der Waals surface area contributed by atoms with Gasteiger partial charge in [-0.15, -0.1) is 13.2 Å². The first kappa shape index (κ1) is 19.9. The lowest BCUT2D eigenvalue weighted by molar-refractivity contribution is -0.275. The van der Waals surface area contributed by atoms with Crippen molar-refractivity contribution >= 4 is 11.7 Å². The number of benzene rings is 1. The summed E-state index contributed by atoms with van der Waals surface area (Å²) in [5.41, 5.74) is 0.313. The summed E-state index contributed by atoms with van der Waals surface area (Å²) in [6, 6.07) is 5.87. The molecule has 9 heteroatoms. The van der Waals surface area contributed by atoms with Crippen molar-refractivity contribution in [1.82, 2.24) is 14.9 Å². The molecule has 0 unspecified atom stereocenters. The van der Waals surface area contributed by atoms with Crippen LogP contribution in [0.25, 0.3) is 0 Å². The molecular formula is C19H21F3N4O2. The van der Waals surface area contributed by atoms with Crippen molar-refractivity contribution in [2.24, 2.45) is 5.92 Å². The molecule has 0 aliphatic carbocycles. The molecule has 1 fully saturated rings. The molecule has 0 N–H and O–H groups in total. The van der Waals surface area contributed by atoms with Gasteiger partial charge in [-0.05, 0) is 18.9 Å². The summed E-state index contributed by atoms with van der Waals surface area (Å²) in [4.78, 5) is 24.6. The number of carbonyl (C=O) groups excluding carboxylic acids is 1. The fourth-order valence-electron chi connectivity index (χ4n) is 3.31. The third-order valence-corrected chi connectivity index (χ3v) is 4.70. The van der Waals surface area contributed by atoms with Crippen LogP contribution in [0.15, 0.2) is 42.9 Å². The Morgan fingerprint density at radius 3 is 2.61 bits per heavy atom. The highest BCUT2D eigenvalue weighted by Gasteiger charge is 2.33. The number of aromatic nitrogens is 2. The molecule has 1 aliphatic heterocycles. The van der Waals surface area contributed by atoms with Crippen LogP contribution in [0.1, 0.15) is 18.4 Å². The van der Waals surface area contributed by atoms with Gasteiger partial charge in [0.05, 0.1) is 6.20 Å².